The number of hydrogen-bond acceptors (Lipinski definition) is 4. The van der Waals surface area contributed by atoms with E-state index in [1.807, 2.05) is 19.1 Å². The van der Waals surface area contributed by atoms with Crippen molar-refractivity contribution >= 4 is 5.82 Å². The molecule has 2 aromatic heterocycles. The second-order valence-corrected chi connectivity index (χ2v) is 5.61. The summed E-state index contributed by atoms with van der Waals surface area (Å²) in [5, 5.41) is 0. The summed E-state index contributed by atoms with van der Waals surface area (Å²) in [5.74, 6) is 1.83. The van der Waals surface area contributed by atoms with E-state index in [9.17, 15) is 0 Å². The van der Waals surface area contributed by atoms with Gasteiger partial charge in [-0.05, 0) is 45.7 Å². The summed E-state index contributed by atoms with van der Waals surface area (Å²) in [6, 6.07) is 7.09. The molecule has 0 N–H and O–H groups in total. The molecular weight excluding hydrogens is 248 g/mol. The van der Waals surface area contributed by atoms with Gasteiger partial charge in [-0.1, -0.05) is 0 Å². The van der Waals surface area contributed by atoms with Gasteiger partial charge in [0.2, 0.25) is 0 Å². The minimum atomic E-state index is 0.546. The lowest BCUT2D eigenvalue weighted by Gasteiger charge is -2.28. The highest BCUT2D eigenvalue weighted by molar-refractivity contribution is 5.57. The van der Waals surface area contributed by atoms with Crippen LogP contribution in [0.5, 0.6) is 0 Å². The molecule has 4 nitrogen and oxygen atoms in total. The van der Waals surface area contributed by atoms with Gasteiger partial charge < -0.3 is 4.90 Å². The molecule has 0 unspecified atom stereocenters. The number of nitrogens with zero attached hydrogens (tertiary/aromatic N) is 4. The molecule has 0 radical (unpaired) electrons. The highest BCUT2D eigenvalue weighted by Crippen LogP contribution is 2.30. The monoisotopic (exact) mass is 268 g/mol. The average molecular weight is 268 g/mol. The van der Waals surface area contributed by atoms with Crippen LogP contribution in [0.15, 0.2) is 30.6 Å². The van der Waals surface area contributed by atoms with Gasteiger partial charge in [0.15, 0.2) is 5.82 Å². The zero-order valence-corrected chi connectivity index (χ0v) is 12.2. The van der Waals surface area contributed by atoms with Crippen LogP contribution in [-0.2, 0) is 0 Å². The quantitative estimate of drug-likeness (QED) is 0.838. The zero-order valence-electron chi connectivity index (χ0n) is 12.2. The summed E-state index contributed by atoms with van der Waals surface area (Å²) in [4.78, 5) is 15.8. The molecule has 3 heterocycles. The second-order valence-electron chi connectivity index (χ2n) is 5.61. The largest absolute Gasteiger partial charge is 0.351 e. The van der Waals surface area contributed by atoms with Crippen molar-refractivity contribution in [2.45, 2.75) is 45.7 Å². The van der Waals surface area contributed by atoms with Crippen molar-refractivity contribution in [3.8, 4) is 11.4 Å². The first-order valence-corrected chi connectivity index (χ1v) is 7.19. The molecule has 4 heteroatoms. The number of aryl methyl sites for hydroxylation is 1. The third-order valence-corrected chi connectivity index (χ3v) is 4.00. The predicted octanol–water partition coefficient (Wildman–Crippen LogP) is 3.22. The van der Waals surface area contributed by atoms with Gasteiger partial charge in [0, 0.05) is 41.8 Å². The Hall–Kier alpha value is -1.97. The molecule has 1 aliphatic rings. The number of rotatable bonds is 2. The van der Waals surface area contributed by atoms with E-state index in [1.165, 1.54) is 12.8 Å². The first-order chi connectivity index (χ1) is 9.65. The maximum absolute atomic E-state index is 4.77. The van der Waals surface area contributed by atoms with Crippen LogP contribution >= 0.6 is 0 Å². The number of aromatic nitrogens is 3. The summed E-state index contributed by atoms with van der Waals surface area (Å²) in [6.45, 7) is 6.57. The SMILES string of the molecule is Cc1cc(N2[C@H](C)CC[C@@H]2C)nc(-c2ccncc2)n1. The Kier molecular flexibility index (Phi) is 3.38. The van der Waals surface area contributed by atoms with E-state index in [-0.39, 0.29) is 0 Å². The summed E-state index contributed by atoms with van der Waals surface area (Å²) in [7, 11) is 0. The maximum Gasteiger partial charge on any atom is 0.161 e. The van der Waals surface area contributed by atoms with Crippen molar-refractivity contribution in [1.82, 2.24) is 15.0 Å². The van der Waals surface area contributed by atoms with E-state index < -0.39 is 0 Å². The number of pyridine rings is 1. The highest BCUT2D eigenvalue weighted by Gasteiger charge is 2.28. The van der Waals surface area contributed by atoms with Crippen molar-refractivity contribution in [2.24, 2.45) is 0 Å². The molecule has 3 rings (SSSR count). The van der Waals surface area contributed by atoms with Crippen molar-refractivity contribution in [1.29, 1.82) is 0 Å². The fourth-order valence-corrected chi connectivity index (χ4v) is 2.96. The number of hydrogen-bond donors (Lipinski definition) is 0. The van der Waals surface area contributed by atoms with Gasteiger partial charge in [0.1, 0.15) is 5.82 Å². The van der Waals surface area contributed by atoms with Crippen LogP contribution in [0.4, 0.5) is 5.82 Å². The maximum atomic E-state index is 4.77. The standard InChI is InChI=1S/C16H20N4/c1-11-10-15(20-12(2)4-5-13(20)3)19-16(18-11)14-6-8-17-9-7-14/h6-10,12-13H,4-5H2,1-3H3/t12-,13+. The molecular formula is C16H20N4. The molecule has 0 aromatic carbocycles. The van der Waals surface area contributed by atoms with Gasteiger partial charge in [0.25, 0.3) is 0 Å². The molecule has 0 amide bonds. The minimum absolute atomic E-state index is 0.546. The molecule has 0 aliphatic carbocycles. The first-order valence-electron chi connectivity index (χ1n) is 7.19. The Morgan fingerprint density at radius 3 is 2.35 bits per heavy atom. The fourth-order valence-electron chi connectivity index (χ4n) is 2.96. The van der Waals surface area contributed by atoms with E-state index in [0.717, 1.165) is 22.9 Å². The van der Waals surface area contributed by atoms with Crippen molar-refractivity contribution in [3.63, 3.8) is 0 Å². The summed E-state index contributed by atoms with van der Waals surface area (Å²) >= 11 is 0. The van der Waals surface area contributed by atoms with Gasteiger partial charge in [-0.2, -0.15) is 0 Å². The Morgan fingerprint density at radius 2 is 1.70 bits per heavy atom. The van der Waals surface area contributed by atoms with Crippen molar-refractivity contribution < 1.29 is 0 Å². The predicted molar refractivity (Wildman–Crippen MR) is 80.6 cm³/mol. The molecule has 20 heavy (non-hydrogen) atoms. The molecule has 2 atom stereocenters. The molecule has 0 spiro atoms. The third kappa shape index (κ3) is 2.38. The van der Waals surface area contributed by atoms with Gasteiger partial charge in [-0.15, -0.1) is 0 Å². The van der Waals surface area contributed by atoms with Crippen LogP contribution in [0.25, 0.3) is 11.4 Å². The van der Waals surface area contributed by atoms with Crippen LogP contribution in [0.3, 0.4) is 0 Å². The molecule has 104 valence electrons. The molecule has 2 aromatic rings. The number of anilines is 1. The van der Waals surface area contributed by atoms with E-state index in [0.29, 0.717) is 12.1 Å². The Morgan fingerprint density at radius 1 is 1.05 bits per heavy atom. The van der Waals surface area contributed by atoms with Crippen molar-refractivity contribution in [3.05, 3.63) is 36.3 Å². The minimum Gasteiger partial charge on any atom is -0.351 e. The van der Waals surface area contributed by atoms with Gasteiger partial charge in [0.05, 0.1) is 0 Å². The summed E-state index contributed by atoms with van der Waals surface area (Å²) < 4.78 is 0. The summed E-state index contributed by atoms with van der Waals surface area (Å²) in [6.07, 6.45) is 6.02. The average Bonchev–Trinajstić information content (AvgIpc) is 2.78. The first kappa shape index (κ1) is 13.0. The van der Waals surface area contributed by atoms with Crippen molar-refractivity contribution in [2.75, 3.05) is 4.90 Å². The highest BCUT2D eigenvalue weighted by atomic mass is 15.3. The lowest BCUT2D eigenvalue weighted by atomic mass is 10.2. The van der Waals surface area contributed by atoms with Crippen LogP contribution < -0.4 is 4.90 Å². The Labute approximate surface area is 119 Å². The van der Waals surface area contributed by atoms with Gasteiger partial charge in [-0.25, -0.2) is 9.97 Å². The Bertz CT molecular complexity index is 587. The Balaban J connectivity index is 2.03. The van der Waals surface area contributed by atoms with Crippen LogP contribution in [0.1, 0.15) is 32.4 Å². The van der Waals surface area contributed by atoms with E-state index >= 15 is 0 Å². The molecule has 0 bridgehead atoms. The smallest absolute Gasteiger partial charge is 0.161 e. The molecule has 1 saturated heterocycles. The van der Waals surface area contributed by atoms with Gasteiger partial charge in [-0.3, -0.25) is 4.98 Å². The van der Waals surface area contributed by atoms with Crippen LogP contribution in [-0.4, -0.2) is 27.0 Å². The fraction of sp³-hybridized carbons (Fsp3) is 0.438. The van der Waals surface area contributed by atoms with Gasteiger partial charge >= 0.3 is 0 Å². The second kappa shape index (κ2) is 5.19. The van der Waals surface area contributed by atoms with E-state index in [1.54, 1.807) is 12.4 Å². The lowest BCUT2D eigenvalue weighted by molar-refractivity contribution is 0.681. The lowest BCUT2D eigenvalue weighted by Crippen LogP contribution is -2.33. The third-order valence-electron chi connectivity index (χ3n) is 4.00. The topological polar surface area (TPSA) is 41.9 Å². The normalized spacial score (nSPS) is 22.2. The molecule has 1 fully saturated rings. The van der Waals surface area contributed by atoms with E-state index in [2.05, 4.69) is 34.8 Å². The van der Waals surface area contributed by atoms with E-state index in [4.69, 9.17) is 4.98 Å². The molecule has 1 aliphatic heterocycles. The van der Waals surface area contributed by atoms with Crippen LogP contribution in [0, 0.1) is 6.92 Å². The van der Waals surface area contributed by atoms with Crippen LogP contribution in [0.2, 0.25) is 0 Å². The zero-order chi connectivity index (χ0) is 14.1. The molecule has 0 saturated carbocycles. The summed E-state index contributed by atoms with van der Waals surface area (Å²) in [5.41, 5.74) is 2.03.